The van der Waals surface area contributed by atoms with Gasteiger partial charge in [-0.2, -0.15) is 0 Å². The van der Waals surface area contributed by atoms with Crippen LogP contribution in [0.15, 0.2) is 48.5 Å². The first-order valence-corrected chi connectivity index (χ1v) is 12.6. The number of anilines is 1. The molecule has 2 aliphatic heterocycles. The lowest BCUT2D eigenvalue weighted by atomic mass is 9.86. The number of benzene rings is 2. The van der Waals surface area contributed by atoms with E-state index in [0.29, 0.717) is 18.4 Å². The SMILES string of the molecule is COC(=O)CC[C@H]1CN(Cc2ccc(Cl)cc2)CC[C@H]1N1CCN(c2ccccc2OC)CC1. The van der Waals surface area contributed by atoms with Crippen molar-refractivity contribution >= 4 is 23.3 Å². The molecule has 2 aromatic rings. The summed E-state index contributed by atoms with van der Waals surface area (Å²) in [4.78, 5) is 19.5. The number of hydrogen-bond donors (Lipinski definition) is 0. The molecule has 2 saturated heterocycles. The predicted octanol–water partition coefficient (Wildman–Crippen LogP) is 4.31. The average Bonchev–Trinajstić information content (AvgIpc) is 2.89. The lowest BCUT2D eigenvalue weighted by molar-refractivity contribution is -0.141. The molecule has 0 unspecified atom stereocenters. The second kappa shape index (κ2) is 11.9. The maximum Gasteiger partial charge on any atom is 0.305 e. The molecule has 2 aliphatic rings. The molecule has 0 bridgehead atoms. The zero-order chi connectivity index (χ0) is 23.9. The van der Waals surface area contributed by atoms with Crippen LogP contribution in [0.2, 0.25) is 5.02 Å². The van der Waals surface area contributed by atoms with E-state index in [1.165, 1.54) is 18.4 Å². The van der Waals surface area contributed by atoms with E-state index >= 15 is 0 Å². The quantitative estimate of drug-likeness (QED) is 0.519. The molecular formula is C27H36ClN3O3. The number of carbonyl (C=O) groups excluding carboxylic acids is 1. The smallest absolute Gasteiger partial charge is 0.305 e. The monoisotopic (exact) mass is 485 g/mol. The third kappa shape index (κ3) is 6.23. The van der Waals surface area contributed by atoms with Crippen LogP contribution in [-0.2, 0) is 16.1 Å². The van der Waals surface area contributed by atoms with Crippen molar-refractivity contribution in [3.05, 3.63) is 59.1 Å². The molecule has 184 valence electrons. The van der Waals surface area contributed by atoms with Crippen molar-refractivity contribution in [1.29, 1.82) is 0 Å². The van der Waals surface area contributed by atoms with E-state index in [9.17, 15) is 4.79 Å². The molecule has 2 heterocycles. The van der Waals surface area contributed by atoms with Gasteiger partial charge in [-0.05, 0) is 55.1 Å². The Morgan fingerprint density at radius 3 is 2.44 bits per heavy atom. The summed E-state index contributed by atoms with van der Waals surface area (Å²) in [6.45, 7) is 6.99. The second-order valence-electron chi connectivity index (χ2n) is 9.29. The number of halogens is 1. The van der Waals surface area contributed by atoms with Gasteiger partial charge in [0.1, 0.15) is 5.75 Å². The van der Waals surface area contributed by atoms with Crippen LogP contribution < -0.4 is 9.64 Å². The molecule has 2 fully saturated rings. The summed E-state index contributed by atoms with van der Waals surface area (Å²) in [6, 6.07) is 16.9. The number of methoxy groups -OCH3 is 2. The van der Waals surface area contributed by atoms with Gasteiger partial charge in [0.15, 0.2) is 0 Å². The molecule has 2 aromatic carbocycles. The van der Waals surface area contributed by atoms with Gasteiger partial charge in [0, 0.05) is 56.8 Å². The number of likely N-dealkylation sites (tertiary alicyclic amines) is 1. The minimum Gasteiger partial charge on any atom is -0.495 e. The van der Waals surface area contributed by atoms with Gasteiger partial charge in [-0.15, -0.1) is 0 Å². The molecule has 0 aromatic heterocycles. The van der Waals surface area contributed by atoms with E-state index in [1.54, 1.807) is 7.11 Å². The van der Waals surface area contributed by atoms with Crippen LogP contribution in [0.1, 0.15) is 24.8 Å². The van der Waals surface area contributed by atoms with Crippen molar-refractivity contribution in [3.63, 3.8) is 0 Å². The molecule has 6 nitrogen and oxygen atoms in total. The highest BCUT2D eigenvalue weighted by molar-refractivity contribution is 6.30. The van der Waals surface area contributed by atoms with E-state index in [0.717, 1.165) is 69.4 Å². The number of carbonyl (C=O) groups is 1. The number of piperidine rings is 1. The highest BCUT2D eigenvalue weighted by atomic mass is 35.5. The van der Waals surface area contributed by atoms with Crippen molar-refractivity contribution in [2.45, 2.75) is 31.8 Å². The van der Waals surface area contributed by atoms with Gasteiger partial charge in [-0.25, -0.2) is 0 Å². The number of piperazine rings is 1. The van der Waals surface area contributed by atoms with Crippen LogP contribution in [-0.4, -0.2) is 75.3 Å². The highest BCUT2D eigenvalue weighted by Crippen LogP contribution is 2.32. The summed E-state index contributed by atoms with van der Waals surface area (Å²) in [7, 11) is 3.21. The van der Waals surface area contributed by atoms with Gasteiger partial charge in [-0.1, -0.05) is 35.9 Å². The van der Waals surface area contributed by atoms with Gasteiger partial charge in [-0.3, -0.25) is 14.6 Å². The van der Waals surface area contributed by atoms with Crippen molar-refractivity contribution in [2.24, 2.45) is 5.92 Å². The van der Waals surface area contributed by atoms with Crippen molar-refractivity contribution in [3.8, 4) is 5.75 Å². The third-order valence-electron chi connectivity index (χ3n) is 7.25. The first-order chi connectivity index (χ1) is 16.6. The molecule has 7 heteroatoms. The minimum atomic E-state index is -0.116. The van der Waals surface area contributed by atoms with Gasteiger partial charge >= 0.3 is 5.97 Å². The Balaban J connectivity index is 1.39. The lowest BCUT2D eigenvalue weighted by Crippen LogP contribution is -2.56. The van der Waals surface area contributed by atoms with Gasteiger partial charge in [0.2, 0.25) is 0 Å². The van der Waals surface area contributed by atoms with E-state index in [2.05, 4.69) is 39.0 Å². The fourth-order valence-corrected chi connectivity index (χ4v) is 5.57. The molecule has 0 aliphatic carbocycles. The Morgan fingerprint density at radius 1 is 1.00 bits per heavy atom. The maximum absolute atomic E-state index is 11.9. The van der Waals surface area contributed by atoms with Crippen molar-refractivity contribution < 1.29 is 14.3 Å². The molecule has 0 spiro atoms. The molecule has 0 amide bonds. The first-order valence-electron chi connectivity index (χ1n) is 12.2. The van der Waals surface area contributed by atoms with E-state index in [1.807, 2.05) is 24.3 Å². The molecule has 34 heavy (non-hydrogen) atoms. The Kier molecular flexibility index (Phi) is 8.70. The van der Waals surface area contributed by atoms with Crippen LogP contribution >= 0.6 is 11.6 Å². The normalized spacial score (nSPS) is 21.9. The molecule has 0 saturated carbocycles. The molecule has 0 radical (unpaired) electrons. The second-order valence-corrected chi connectivity index (χ2v) is 9.72. The zero-order valence-electron chi connectivity index (χ0n) is 20.3. The Hall–Kier alpha value is -2.28. The summed E-state index contributed by atoms with van der Waals surface area (Å²) >= 11 is 6.06. The van der Waals surface area contributed by atoms with Crippen LogP contribution in [0.25, 0.3) is 0 Å². The van der Waals surface area contributed by atoms with Crippen LogP contribution in [0.4, 0.5) is 5.69 Å². The van der Waals surface area contributed by atoms with E-state index in [-0.39, 0.29) is 5.97 Å². The largest absolute Gasteiger partial charge is 0.495 e. The van der Waals surface area contributed by atoms with E-state index in [4.69, 9.17) is 21.1 Å². The van der Waals surface area contributed by atoms with Gasteiger partial charge in [0.05, 0.1) is 19.9 Å². The minimum absolute atomic E-state index is 0.116. The number of ether oxygens (including phenoxy) is 2. The van der Waals surface area contributed by atoms with Gasteiger partial charge in [0.25, 0.3) is 0 Å². The highest BCUT2D eigenvalue weighted by Gasteiger charge is 2.35. The topological polar surface area (TPSA) is 45.2 Å². The fourth-order valence-electron chi connectivity index (χ4n) is 5.44. The predicted molar refractivity (Wildman–Crippen MR) is 137 cm³/mol. The summed E-state index contributed by atoms with van der Waals surface area (Å²) < 4.78 is 10.5. The number of esters is 1. The van der Waals surface area contributed by atoms with Gasteiger partial charge < -0.3 is 14.4 Å². The zero-order valence-corrected chi connectivity index (χ0v) is 21.0. The third-order valence-corrected chi connectivity index (χ3v) is 7.51. The maximum atomic E-state index is 11.9. The Bertz CT molecular complexity index is 931. The molecular weight excluding hydrogens is 450 g/mol. The Labute approximate surface area is 208 Å². The fraction of sp³-hybridized carbons (Fsp3) is 0.519. The summed E-state index contributed by atoms with van der Waals surface area (Å²) in [5.41, 5.74) is 2.45. The van der Waals surface area contributed by atoms with Crippen LogP contribution in [0.5, 0.6) is 5.75 Å². The summed E-state index contributed by atoms with van der Waals surface area (Å²) in [6.07, 6.45) is 2.46. The molecule has 0 N–H and O–H groups in total. The van der Waals surface area contributed by atoms with Crippen LogP contribution in [0, 0.1) is 5.92 Å². The van der Waals surface area contributed by atoms with Crippen molar-refractivity contribution in [2.75, 3.05) is 58.4 Å². The summed E-state index contributed by atoms with van der Waals surface area (Å²) in [5.74, 6) is 1.26. The number of hydrogen-bond acceptors (Lipinski definition) is 6. The lowest BCUT2D eigenvalue weighted by Gasteiger charge is -2.47. The average molecular weight is 486 g/mol. The van der Waals surface area contributed by atoms with E-state index < -0.39 is 0 Å². The number of nitrogens with zero attached hydrogens (tertiary/aromatic N) is 3. The Morgan fingerprint density at radius 2 is 1.74 bits per heavy atom. The number of rotatable bonds is 8. The van der Waals surface area contributed by atoms with Crippen molar-refractivity contribution in [1.82, 2.24) is 9.80 Å². The molecule has 2 atom stereocenters. The standard InChI is InChI=1S/C27H36ClN3O3/c1-33-26-6-4-3-5-25(26)31-17-15-30(16-18-31)24-13-14-29(19-21-7-10-23(28)11-8-21)20-22(24)9-12-27(32)34-2/h3-8,10-11,22,24H,9,12-20H2,1-2H3/t22-,24+/m0/s1. The first kappa shape index (κ1) is 24.8. The number of para-hydroxylation sites is 2. The summed E-state index contributed by atoms with van der Waals surface area (Å²) in [5, 5.41) is 0.769. The molecule has 4 rings (SSSR count). The van der Waals surface area contributed by atoms with Crippen LogP contribution in [0.3, 0.4) is 0 Å².